The lowest BCUT2D eigenvalue weighted by Gasteiger charge is -2.00. The van der Waals surface area contributed by atoms with Gasteiger partial charge in [-0.3, -0.25) is 19.3 Å². The number of fused-ring (bicyclic) bond motifs is 1. The van der Waals surface area contributed by atoms with E-state index < -0.39 is 4.92 Å². The molecule has 0 saturated carbocycles. The molecule has 7 heteroatoms. The molecule has 0 bridgehead atoms. The van der Waals surface area contributed by atoms with Gasteiger partial charge < -0.3 is 0 Å². The van der Waals surface area contributed by atoms with Crippen LogP contribution in [0.2, 0.25) is 0 Å². The average Bonchev–Trinajstić information content (AvgIpc) is 3.00. The molecule has 3 aromatic rings. The Morgan fingerprint density at radius 1 is 1.33 bits per heavy atom. The van der Waals surface area contributed by atoms with Gasteiger partial charge in [0, 0.05) is 28.3 Å². The number of thiazole rings is 1. The van der Waals surface area contributed by atoms with E-state index in [4.69, 9.17) is 0 Å². The molecule has 0 aliphatic rings. The van der Waals surface area contributed by atoms with Crippen molar-refractivity contribution < 1.29 is 9.72 Å². The first-order valence-electron chi connectivity index (χ1n) is 7.29. The van der Waals surface area contributed by atoms with Crippen LogP contribution < -0.4 is 0 Å². The number of hydrogen-bond donors (Lipinski definition) is 0. The highest BCUT2D eigenvalue weighted by Crippen LogP contribution is 2.23. The molecule has 0 fully saturated rings. The van der Waals surface area contributed by atoms with Gasteiger partial charge in [-0.2, -0.15) is 0 Å². The number of benzene rings is 1. The number of nitrogens with zero attached hydrogens (tertiary/aromatic N) is 3. The number of aromatic nitrogens is 2. The van der Waals surface area contributed by atoms with Crippen LogP contribution in [0.5, 0.6) is 0 Å². The van der Waals surface area contributed by atoms with E-state index in [1.807, 2.05) is 24.4 Å². The van der Waals surface area contributed by atoms with Crippen LogP contribution in [0.3, 0.4) is 0 Å². The van der Waals surface area contributed by atoms with Crippen molar-refractivity contribution in [3.8, 4) is 0 Å². The molecule has 2 aromatic heterocycles. The number of nitro benzene ring substituents is 1. The Morgan fingerprint density at radius 2 is 2.08 bits per heavy atom. The molecule has 0 spiro atoms. The molecule has 3 rings (SSSR count). The Kier molecular flexibility index (Phi) is 4.02. The second-order valence-corrected chi connectivity index (χ2v) is 6.75. The molecule has 0 aliphatic heterocycles. The molecule has 24 heavy (non-hydrogen) atoms. The Morgan fingerprint density at radius 3 is 2.79 bits per heavy atom. The number of ketones is 1. The number of allylic oxidation sites excluding steroid dienone is 1. The first kappa shape index (κ1) is 16.1. The Bertz CT molecular complexity index is 998. The zero-order valence-electron chi connectivity index (χ0n) is 13.4. The van der Waals surface area contributed by atoms with Gasteiger partial charge in [-0.05, 0) is 32.9 Å². The molecule has 0 aliphatic carbocycles. The van der Waals surface area contributed by atoms with Crippen molar-refractivity contribution in [2.24, 2.45) is 0 Å². The molecule has 0 unspecified atom stereocenters. The molecule has 2 heterocycles. The number of hydrogen-bond acceptors (Lipinski definition) is 5. The van der Waals surface area contributed by atoms with Gasteiger partial charge in [0.15, 0.2) is 10.7 Å². The minimum Gasteiger partial charge on any atom is -0.290 e. The van der Waals surface area contributed by atoms with E-state index in [1.165, 1.54) is 12.1 Å². The van der Waals surface area contributed by atoms with Gasteiger partial charge in [0.25, 0.3) is 5.69 Å². The lowest BCUT2D eigenvalue weighted by molar-refractivity contribution is -0.385. The van der Waals surface area contributed by atoms with E-state index in [9.17, 15) is 14.9 Å². The number of carbonyl (C=O) groups is 1. The Labute approximate surface area is 142 Å². The molecule has 0 atom stereocenters. The average molecular weight is 341 g/mol. The largest absolute Gasteiger partial charge is 0.290 e. The van der Waals surface area contributed by atoms with Crippen molar-refractivity contribution >= 4 is 33.8 Å². The number of rotatable bonds is 4. The van der Waals surface area contributed by atoms with E-state index in [0.29, 0.717) is 11.1 Å². The summed E-state index contributed by atoms with van der Waals surface area (Å²) in [6.45, 7) is 5.53. The molecular weight excluding hydrogens is 326 g/mol. The summed E-state index contributed by atoms with van der Waals surface area (Å²) in [6.07, 6.45) is 5.11. The Hall–Kier alpha value is -2.80. The van der Waals surface area contributed by atoms with E-state index >= 15 is 0 Å². The zero-order valence-corrected chi connectivity index (χ0v) is 14.3. The third kappa shape index (κ3) is 2.85. The molecular formula is C17H15N3O3S. The molecule has 6 nitrogen and oxygen atoms in total. The van der Waals surface area contributed by atoms with Gasteiger partial charge in [0.1, 0.15) is 0 Å². The fourth-order valence-corrected chi connectivity index (χ4v) is 3.37. The van der Waals surface area contributed by atoms with Gasteiger partial charge in [0.2, 0.25) is 0 Å². The van der Waals surface area contributed by atoms with Crippen molar-refractivity contribution in [1.82, 2.24) is 9.38 Å². The summed E-state index contributed by atoms with van der Waals surface area (Å²) in [5.41, 5.74) is 2.45. The highest BCUT2D eigenvalue weighted by Gasteiger charge is 2.14. The maximum Gasteiger partial charge on any atom is 0.273 e. The van der Waals surface area contributed by atoms with Crippen LogP contribution in [-0.4, -0.2) is 20.1 Å². The predicted molar refractivity (Wildman–Crippen MR) is 93.7 cm³/mol. The monoisotopic (exact) mass is 341 g/mol. The van der Waals surface area contributed by atoms with E-state index in [0.717, 1.165) is 21.2 Å². The van der Waals surface area contributed by atoms with Gasteiger partial charge in [-0.1, -0.05) is 12.1 Å². The minimum absolute atomic E-state index is 0.0503. The van der Waals surface area contributed by atoms with Gasteiger partial charge in [-0.25, -0.2) is 4.98 Å². The smallest absolute Gasteiger partial charge is 0.273 e. The van der Waals surface area contributed by atoms with E-state index in [2.05, 4.69) is 4.98 Å². The number of nitro groups is 1. The molecule has 122 valence electrons. The molecule has 0 N–H and O–H groups in total. The van der Waals surface area contributed by atoms with E-state index in [1.54, 1.807) is 36.5 Å². The summed E-state index contributed by atoms with van der Waals surface area (Å²) in [7, 11) is 0. The van der Waals surface area contributed by atoms with Crippen LogP contribution in [0, 0.1) is 30.9 Å². The highest BCUT2D eigenvalue weighted by molar-refractivity contribution is 7.17. The first-order valence-corrected chi connectivity index (χ1v) is 8.11. The van der Waals surface area contributed by atoms with Crippen molar-refractivity contribution in [3.05, 3.63) is 68.0 Å². The quantitative estimate of drug-likeness (QED) is 0.309. The number of imidazole rings is 1. The second-order valence-electron chi connectivity index (χ2n) is 5.53. The van der Waals surface area contributed by atoms with Crippen molar-refractivity contribution in [3.63, 3.8) is 0 Å². The topological polar surface area (TPSA) is 77.5 Å². The van der Waals surface area contributed by atoms with Crippen LogP contribution in [0.15, 0.2) is 30.5 Å². The third-order valence-electron chi connectivity index (χ3n) is 3.75. The lowest BCUT2D eigenvalue weighted by Crippen LogP contribution is -1.98. The maximum atomic E-state index is 12.3. The van der Waals surface area contributed by atoms with Crippen molar-refractivity contribution in [2.45, 2.75) is 20.8 Å². The third-order valence-corrected chi connectivity index (χ3v) is 4.64. The maximum absolute atomic E-state index is 12.3. The van der Waals surface area contributed by atoms with Crippen molar-refractivity contribution in [2.75, 3.05) is 0 Å². The lowest BCUT2D eigenvalue weighted by atomic mass is 10.1. The summed E-state index contributed by atoms with van der Waals surface area (Å²) in [4.78, 5) is 29.3. The molecule has 1 aromatic carbocycles. The summed E-state index contributed by atoms with van der Waals surface area (Å²) in [6, 6.07) is 4.50. The SMILES string of the molecule is Cc1cn2c(/C=C/C(=O)c3ccc(C)c([N+](=O)[O-])c3)c(C)nc2s1. The highest BCUT2D eigenvalue weighted by atomic mass is 32.1. The van der Waals surface area contributed by atoms with Crippen LogP contribution in [0.1, 0.15) is 32.2 Å². The van der Waals surface area contributed by atoms with Gasteiger partial charge >= 0.3 is 0 Å². The standard InChI is InChI=1S/C17H15N3O3S/c1-10-4-5-13(8-15(10)20(22)23)16(21)7-6-14-12(3)18-17-19(14)9-11(2)24-17/h4-9H,1-3H3/b7-6+. The first-order chi connectivity index (χ1) is 11.4. The van der Waals surface area contributed by atoms with Crippen LogP contribution >= 0.6 is 11.3 Å². The Balaban J connectivity index is 1.94. The molecule has 0 saturated heterocycles. The zero-order chi connectivity index (χ0) is 17.4. The summed E-state index contributed by atoms with van der Waals surface area (Å²) >= 11 is 1.58. The summed E-state index contributed by atoms with van der Waals surface area (Å²) in [5, 5.41) is 11.0. The fourth-order valence-electron chi connectivity index (χ4n) is 2.49. The normalized spacial score (nSPS) is 11.5. The summed E-state index contributed by atoms with van der Waals surface area (Å²) < 4.78 is 1.94. The predicted octanol–water partition coefficient (Wildman–Crippen LogP) is 4.13. The second kappa shape index (κ2) is 6.01. The van der Waals surface area contributed by atoms with Crippen LogP contribution in [-0.2, 0) is 0 Å². The van der Waals surface area contributed by atoms with Gasteiger partial charge in [0.05, 0.1) is 16.3 Å². The minimum atomic E-state index is -0.478. The molecule has 0 amide bonds. The number of carbonyl (C=O) groups excluding carboxylic acids is 1. The van der Waals surface area contributed by atoms with Gasteiger partial charge in [-0.15, -0.1) is 11.3 Å². The fraction of sp³-hybridized carbons (Fsp3) is 0.176. The van der Waals surface area contributed by atoms with Crippen LogP contribution in [0.4, 0.5) is 5.69 Å². The number of aryl methyl sites for hydroxylation is 3. The summed E-state index contributed by atoms with van der Waals surface area (Å²) in [5.74, 6) is -0.278. The molecule has 0 radical (unpaired) electrons. The van der Waals surface area contributed by atoms with Crippen LogP contribution in [0.25, 0.3) is 11.0 Å². The van der Waals surface area contributed by atoms with E-state index in [-0.39, 0.29) is 11.5 Å². The van der Waals surface area contributed by atoms with Crippen molar-refractivity contribution in [1.29, 1.82) is 0 Å².